The molecule has 0 atom stereocenters. The molecule has 13 heteroatoms. The largest absolute Gasteiger partial charge is 0.416 e. The van der Waals surface area contributed by atoms with E-state index in [0.29, 0.717) is 23.9 Å². The number of hydrogen-bond acceptors (Lipinski definition) is 4. The molecule has 5 nitrogen and oxygen atoms in total. The van der Waals surface area contributed by atoms with E-state index in [1.54, 1.807) is 0 Å². The zero-order chi connectivity index (χ0) is 22.6. The average Bonchev–Trinajstić information content (AvgIpc) is 2.65. The second-order valence-corrected chi connectivity index (χ2v) is 8.58. The molecule has 1 amide bonds. The quantitative estimate of drug-likeness (QED) is 0.466. The van der Waals surface area contributed by atoms with Gasteiger partial charge in [0.05, 0.1) is 28.4 Å². The Kier molecular flexibility index (Phi) is 7.42. The Morgan fingerprint density at radius 1 is 0.967 bits per heavy atom. The number of para-hydroxylation sites is 1. The van der Waals surface area contributed by atoms with Crippen LogP contribution in [0, 0.1) is 0 Å². The van der Waals surface area contributed by atoms with Gasteiger partial charge in [-0.3, -0.25) is 4.79 Å². The van der Waals surface area contributed by atoms with E-state index in [0.717, 1.165) is 12.1 Å². The third-order valence-electron chi connectivity index (χ3n) is 3.45. The first-order valence-electron chi connectivity index (χ1n) is 8.03. The predicted molar refractivity (Wildman–Crippen MR) is 98.5 cm³/mol. The van der Waals surface area contributed by atoms with Crippen LogP contribution in [0.5, 0.6) is 0 Å². The maximum atomic E-state index is 12.7. The van der Waals surface area contributed by atoms with Crippen molar-refractivity contribution >= 4 is 33.4 Å². The van der Waals surface area contributed by atoms with E-state index in [4.69, 9.17) is 0 Å². The molecule has 30 heavy (non-hydrogen) atoms. The number of hydrogen-bond donors (Lipinski definition) is 2. The fourth-order valence-electron chi connectivity index (χ4n) is 2.13. The van der Waals surface area contributed by atoms with Crippen molar-refractivity contribution in [1.29, 1.82) is 0 Å². The number of benzene rings is 2. The number of alkyl halides is 6. The molecule has 0 heterocycles. The first-order valence-corrected chi connectivity index (χ1v) is 10.5. The number of anilines is 1. The SMILES string of the molecule is O=C(CNS(=O)(=O)c1cccc(C(F)(F)F)c1)Nc1ccccc1SCC(F)(F)F. The van der Waals surface area contributed by atoms with Crippen LogP contribution in [0.3, 0.4) is 0 Å². The Hall–Kier alpha value is -2.25. The lowest BCUT2D eigenvalue weighted by atomic mass is 10.2. The molecule has 0 spiro atoms. The van der Waals surface area contributed by atoms with Gasteiger partial charge in [-0.05, 0) is 30.3 Å². The highest BCUT2D eigenvalue weighted by Crippen LogP contribution is 2.32. The Morgan fingerprint density at radius 3 is 2.27 bits per heavy atom. The van der Waals surface area contributed by atoms with Crippen LogP contribution in [-0.4, -0.2) is 32.8 Å². The van der Waals surface area contributed by atoms with Crippen LogP contribution in [0.1, 0.15) is 5.56 Å². The normalized spacial score (nSPS) is 12.6. The lowest BCUT2D eigenvalue weighted by molar-refractivity contribution is -0.137. The van der Waals surface area contributed by atoms with Crippen molar-refractivity contribution in [2.75, 3.05) is 17.6 Å². The molecule has 0 aliphatic heterocycles. The fraction of sp³-hybridized carbons (Fsp3) is 0.235. The summed E-state index contributed by atoms with van der Waals surface area (Å²) in [5.74, 6) is -2.10. The lowest BCUT2D eigenvalue weighted by Crippen LogP contribution is -2.33. The van der Waals surface area contributed by atoms with Crippen LogP contribution < -0.4 is 10.0 Å². The highest BCUT2D eigenvalue weighted by molar-refractivity contribution is 7.99. The van der Waals surface area contributed by atoms with Crippen molar-refractivity contribution < 1.29 is 39.6 Å². The van der Waals surface area contributed by atoms with Gasteiger partial charge in [0.25, 0.3) is 0 Å². The molecule has 0 saturated heterocycles. The molecule has 2 aromatic rings. The third-order valence-corrected chi connectivity index (χ3v) is 5.98. The summed E-state index contributed by atoms with van der Waals surface area (Å²) in [4.78, 5) is 11.4. The van der Waals surface area contributed by atoms with Gasteiger partial charge in [0.15, 0.2) is 0 Å². The number of carbonyl (C=O) groups is 1. The van der Waals surface area contributed by atoms with E-state index < -0.39 is 51.0 Å². The van der Waals surface area contributed by atoms with Gasteiger partial charge in [-0.15, -0.1) is 11.8 Å². The second kappa shape index (κ2) is 9.27. The topological polar surface area (TPSA) is 75.3 Å². The molecular formula is C17H14F6N2O3S2. The molecule has 0 saturated carbocycles. The zero-order valence-electron chi connectivity index (χ0n) is 14.8. The summed E-state index contributed by atoms with van der Waals surface area (Å²) in [6.07, 6.45) is -9.18. The van der Waals surface area contributed by atoms with Gasteiger partial charge in [-0.2, -0.15) is 26.3 Å². The maximum absolute atomic E-state index is 12.7. The molecule has 2 aromatic carbocycles. The number of halogens is 6. The van der Waals surface area contributed by atoms with Gasteiger partial charge < -0.3 is 5.32 Å². The maximum Gasteiger partial charge on any atom is 0.416 e. The molecule has 0 aromatic heterocycles. The standard InChI is InChI=1S/C17H14F6N2O3S2/c18-16(19,20)10-29-14-7-2-1-6-13(14)25-15(26)9-24-30(27,28)12-5-3-4-11(8-12)17(21,22)23/h1-8,24H,9-10H2,(H,25,26). The van der Waals surface area contributed by atoms with Crippen molar-refractivity contribution in [2.24, 2.45) is 0 Å². The smallest absolute Gasteiger partial charge is 0.324 e. The summed E-state index contributed by atoms with van der Waals surface area (Å²) in [6, 6.07) is 8.55. The van der Waals surface area contributed by atoms with E-state index in [1.807, 2.05) is 4.72 Å². The van der Waals surface area contributed by atoms with Crippen LogP contribution in [-0.2, 0) is 21.0 Å². The molecule has 0 aliphatic carbocycles. The molecule has 2 N–H and O–H groups in total. The number of nitrogens with one attached hydrogen (secondary N) is 2. The van der Waals surface area contributed by atoms with E-state index in [-0.39, 0.29) is 10.6 Å². The number of amides is 1. The van der Waals surface area contributed by atoms with Gasteiger partial charge in [0.1, 0.15) is 0 Å². The number of rotatable bonds is 7. The van der Waals surface area contributed by atoms with E-state index >= 15 is 0 Å². The van der Waals surface area contributed by atoms with Crippen molar-refractivity contribution in [3.05, 3.63) is 54.1 Å². The summed E-state index contributed by atoms with van der Waals surface area (Å²) in [6.45, 7) is -0.836. The minimum Gasteiger partial charge on any atom is -0.324 e. The first-order chi connectivity index (χ1) is 13.8. The predicted octanol–water partition coefficient (Wildman–Crippen LogP) is 4.28. The summed E-state index contributed by atoms with van der Waals surface area (Å²) in [5.41, 5.74) is -1.14. The molecular weight excluding hydrogens is 458 g/mol. The molecule has 0 bridgehead atoms. The van der Waals surface area contributed by atoms with Gasteiger partial charge in [-0.25, -0.2) is 13.1 Å². The fourth-order valence-corrected chi connectivity index (χ4v) is 3.93. The highest BCUT2D eigenvalue weighted by atomic mass is 32.2. The van der Waals surface area contributed by atoms with Gasteiger partial charge in [0.2, 0.25) is 15.9 Å². The zero-order valence-corrected chi connectivity index (χ0v) is 16.5. The molecule has 0 aliphatic rings. The molecule has 164 valence electrons. The Bertz CT molecular complexity index is 1010. The lowest BCUT2D eigenvalue weighted by Gasteiger charge is -2.13. The summed E-state index contributed by atoms with van der Waals surface area (Å²) in [7, 11) is -4.43. The summed E-state index contributed by atoms with van der Waals surface area (Å²) in [5, 5.41) is 2.27. The van der Waals surface area contributed by atoms with Gasteiger partial charge in [0, 0.05) is 4.90 Å². The van der Waals surface area contributed by atoms with Gasteiger partial charge in [-0.1, -0.05) is 18.2 Å². The molecule has 0 radical (unpaired) electrons. The van der Waals surface area contributed by atoms with Crippen molar-refractivity contribution in [2.45, 2.75) is 22.1 Å². The molecule has 2 rings (SSSR count). The minimum absolute atomic E-state index is 0.0371. The van der Waals surface area contributed by atoms with Crippen LogP contribution in [0.15, 0.2) is 58.3 Å². The van der Waals surface area contributed by atoms with Crippen molar-refractivity contribution in [3.63, 3.8) is 0 Å². The van der Waals surface area contributed by atoms with Gasteiger partial charge >= 0.3 is 12.4 Å². The number of carbonyl (C=O) groups excluding carboxylic acids is 1. The monoisotopic (exact) mass is 472 g/mol. The Balaban J connectivity index is 2.05. The second-order valence-electron chi connectivity index (χ2n) is 5.80. The van der Waals surface area contributed by atoms with Crippen molar-refractivity contribution in [3.8, 4) is 0 Å². The summed E-state index contributed by atoms with van der Waals surface area (Å²) >= 11 is 0.435. The van der Waals surface area contributed by atoms with E-state index in [1.165, 1.54) is 24.3 Å². The van der Waals surface area contributed by atoms with E-state index in [9.17, 15) is 39.6 Å². The number of sulfonamides is 1. The van der Waals surface area contributed by atoms with Crippen molar-refractivity contribution in [1.82, 2.24) is 4.72 Å². The highest BCUT2D eigenvalue weighted by Gasteiger charge is 2.32. The van der Waals surface area contributed by atoms with E-state index in [2.05, 4.69) is 5.32 Å². The molecule has 0 fully saturated rings. The van der Waals surface area contributed by atoms with Crippen LogP contribution in [0.4, 0.5) is 32.0 Å². The molecule has 0 unspecified atom stereocenters. The minimum atomic E-state index is -4.75. The van der Waals surface area contributed by atoms with Crippen LogP contribution in [0.25, 0.3) is 0 Å². The number of thioether (sulfide) groups is 1. The average molecular weight is 472 g/mol. The van der Waals surface area contributed by atoms with Crippen LogP contribution in [0.2, 0.25) is 0 Å². The summed E-state index contributed by atoms with van der Waals surface area (Å²) < 4.78 is 102. The third kappa shape index (κ3) is 7.22. The Morgan fingerprint density at radius 2 is 1.63 bits per heavy atom. The Labute approximate surface area is 171 Å². The van der Waals surface area contributed by atoms with Crippen LogP contribution >= 0.6 is 11.8 Å². The first kappa shape index (κ1) is 24.0.